The van der Waals surface area contributed by atoms with Crippen molar-refractivity contribution < 1.29 is 13.2 Å². The third-order valence-corrected chi connectivity index (χ3v) is 3.75. The summed E-state index contributed by atoms with van der Waals surface area (Å²) < 4.78 is 23.4. The summed E-state index contributed by atoms with van der Waals surface area (Å²) in [4.78, 5) is 11.4. The molecule has 0 saturated carbocycles. The van der Waals surface area contributed by atoms with Crippen molar-refractivity contribution in [3.05, 3.63) is 36.4 Å². The van der Waals surface area contributed by atoms with Crippen molar-refractivity contribution in [1.82, 2.24) is 0 Å². The van der Waals surface area contributed by atoms with Crippen LogP contribution in [0.5, 0.6) is 0 Å². The zero-order valence-electron chi connectivity index (χ0n) is 10.1. The number of nitrogens with one attached hydrogen (secondary N) is 1. The van der Waals surface area contributed by atoms with E-state index in [0.717, 1.165) is 5.39 Å². The first kappa shape index (κ1) is 12.6. The average Bonchev–Trinajstić information content (AvgIpc) is 2.26. The van der Waals surface area contributed by atoms with Crippen molar-refractivity contribution in [2.75, 3.05) is 11.6 Å². The summed E-state index contributed by atoms with van der Waals surface area (Å²) in [5.41, 5.74) is 0.616. The van der Waals surface area contributed by atoms with Crippen LogP contribution in [-0.4, -0.2) is 20.6 Å². The molecular weight excluding hydrogens is 250 g/mol. The van der Waals surface area contributed by atoms with Crippen LogP contribution in [0.15, 0.2) is 41.3 Å². The molecule has 0 saturated heterocycles. The fraction of sp³-hybridized carbons (Fsp3) is 0.154. The van der Waals surface area contributed by atoms with Gasteiger partial charge in [0.15, 0.2) is 9.84 Å². The molecule has 0 aliphatic rings. The fourth-order valence-electron chi connectivity index (χ4n) is 1.90. The van der Waals surface area contributed by atoms with Crippen molar-refractivity contribution in [2.45, 2.75) is 11.8 Å². The molecule has 0 atom stereocenters. The lowest BCUT2D eigenvalue weighted by Gasteiger charge is -2.09. The van der Waals surface area contributed by atoms with Crippen molar-refractivity contribution >= 4 is 32.2 Å². The Bertz CT molecular complexity index is 720. The number of carbonyl (C=O) groups is 1. The minimum atomic E-state index is -3.29. The van der Waals surface area contributed by atoms with Gasteiger partial charge >= 0.3 is 0 Å². The maximum atomic E-state index is 11.7. The van der Waals surface area contributed by atoms with Crippen LogP contribution in [0.1, 0.15) is 6.92 Å². The molecule has 0 bridgehead atoms. The van der Waals surface area contributed by atoms with Gasteiger partial charge in [0.05, 0.1) is 4.90 Å². The lowest BCUT2D eigenvalue weighted by atomic mass is 10.1. The van der Waals surface area contributed by atoms with E-state index in [1.807, 2.05) is 0 Å². The smallest absolute Gasteiger partial charge is 0.221 e. The first-order chi connectivity index (χ1) is 8.39. The number of hydrogen-bond acceptors (Lipinski definition) is 3. The Morgan fingerprint density at radius 2 is 1.67 bits per heavy atom. The molecule has 0 radical (unpaired) electrons. The van der Waals surface area contributed by atoms with Crippen LogP contribution in [0, 0.1) is 0 Å². The minimum absolute atomic E-state index is 0.188. The monoisotopic (exact) mass is 263 g/mol. The van der Waals surface area contributed by atoms with Gasteiger partial charge in [-0.3, -0.25) is 4.79 Å². The van der Waals surface area contributed by atoms with Crippen LogP contribution in [-0.2, 0) is 14.6 Å². The maximum Gasteiger partial charge on any atom is 0.221 e. The Balaban J connectivity index is 2.77. The summed E-state index contributed by atoms with van der Waals surface area (Å²) in [5.74, 6) is -0.188. The molecule has 18 heavy (non-hydrogen) atoms. The van der Waals surface area contributed by atoms with Gasteiger partial charge in [0, 0.05) is 29.6 Å². The summed E-state index contributed by atoms with van der Waals surface area (Å²) in [6.45, 7) is 1.42. The van der Waals surface area contributed by atoms with E-state index < -0.39 is 9.84 Å². The molecule has 0 fully saturated rings. The van der Waals surface area contributed by atoms with Gasteiger partial charge in [-0.15, -0.1) is 0 Å². The molecule has 4 nitrogen and oxygen atoms in total. The van der Waals surface area contributed by atoms with E-state index in [2.05, 4.69) is 5.32 Å². The van der Waals surface area contributed by atoms with Gasteiger partial charge < -0.3 is 5.32 Å². The molecule has 0 aliphatic carbocycles. The molecule has 0 aliphatic heterocycles. The highest BCUT2D eigenvalue weighted by atomic mass is 32.2. The number of amides is 1. The zero-order chi connectivity index (χ0) is 13.3. The molecule has 1 N–H and O–H groups in total. The zero-order valence-corrected chi connectivity index (χ0v) is 10.9. The molecule has 0 aromatic heterocycles. The van der Waals surface area contributed by atoms with Gasteiger partial charge in [-0.1, -0.05) is 24.3 Å². The minimum Gasteiger partial charge on any atom is -0.326 e. The normalized spacial score (nSPS) is 11.4. The van der Waals surface area contributed by atoms with Gasteiger partial charge in [0.1, 0.15) is 0 Å². The molecule has 1 amide bonds. The van der Waals surface area contributed by atoms with E-state index in [1.54, 1.807) is 36.4 Å². The Morgan fingerprint density at radius 3 is 2.28 bits per heavy atom. The van der Waals surface area contributed by atoms with Gasteiger partial charge in [-0.2, -0.15) is 0 Å². The predicted molar refractivity (Wildman–Crippen MR) is 71.4 cm³/mol. The number of rotatable bonds is 2. The standard InChI is InChI=1S/C13H13NO3S/c1-9(15)14-12-7-3-6-11-10(12)5-4-8-13(11)18(2,16)17/h3-8H,1-2H3,(H,14,15). The summed E-state index contributed by atoms with van der Waals surface area (Å²) in [6, 6.07) is 10.2. The van der Waals surface area contributed by atoms with E-state index >= 15 is 0 Å². The molecule has 2 rings (SSSR count). The van der Waals surface area contributed by atoms with Crippen LogP contribution < -0.4 is 5.32 Å². The van der Waals surface area contributed by atoms with Crippen molar-refractivity contribution in [2.24, 2.45) is 0 Å². The van der Waals surface area contributed by atoms with E-state index in [0.29, 0.717) is 11.1 Å². The van der Waals surface area contributed by atoms with Gasteiger partial charge in [-0.05, 0) is 12.1 Å². The molecule has 2 aromatic carbocycles. The van der Waals surface area contributed by atoms with E-state index in [4.69, 9.17) is 0 Å². The number of anilines is 1. The lowest BCUT2D eigenvalue weighted by Crippen LogP contribution is -2.06. The number of carbonyl (C=O) groups excluding carboxylic acids is 1. The summed E-state index contributed by atoms with van der Waals surface area (Å²) >= 11 is 0. The quantitative estimate of drug-likeness (QED) is 0.903. The lowest BCUT2D eigenvalue weighted by molar-refractivity contribution is -0.114. The topological polar surface area (TPSA) is 63.2 Å². The summed E-state index contributed by atoms with van der Waals surface area (Å²) in [6.07, 6.45) is 1.17. The third kappa shape index (κ3) is 2.36. The van der Waals surface area contributed by atoms with E-state index in [1.165, 1.54) is 13.2 Å². The van der Waals surface area contributed by atoms with Crippen LogP contribution in [0.25, 0.3) is 10.8 Å². The summed E-state index contributed by atoms with van der Waals surface area (Å²) in [5, 5.41) is 4.03. The van der Waals surface area contributed by atoms with Gasteiger partial charge in [0.2, 0.25) is 5.91 Å². The Hall–Kier alpha value is -1.88. The van der Waals surface area contributed by atoms with Crippen LogP contribution in [0.3, 0.4) is 0 Å². The highest BCUT2D eigenvalue weighted by Crippen LogP contribution is 2.28. The number of hydrogen-bond donors (Lipinski definition) is 1. The second-order valence-electron chi connectivity index (χ2n) is 4.11. The molecule has 0 heterocycles. The molecule has 2 aromatic rings. The second kappa shape index (κ2) is 4.42. The maximum absolute atomic E-state index is 11.7. The fourth-order valence-corrected chi connectivity index (χ4v) is 2.81. The van der Waals surface area contributed by atoms with Crippen molar-refractivity contribution in [3.8, 4) is 0 Å². The molecule has 0 spiro atoms. The number of sulfone groups is 1. The second-order valence-corrected chi connectivity index (χ2v) is 6.09. The van der Waals surface area contributed by atoms with Gasteiger partial charge in [-0.25, -0.2) is 8.42 Å². The Kier molecular flexibility index (Phi) is 3.09. The van der Waals surface area contributed by atoms with Crippen molar-refractivity contribution in [1.29, 1.82) is 0 Å². The molecule has 94 valence electrons. The molecule has 5 heteroatoms. The highest BCUT2D eigenvalue weighted by Gasteiger charge is 2.12. The SMILES string of the molecule is CC(=O)Nc1cccc2c(S(C)(=O)=O)cccc12. The van der Waals surface area contributed by atoms with Crippen LogP contribution in [0.4, 0.5) is 5.69 Å². The van der Waals surface area contributed by atoms with E-state index in [9.17, 15) is 13.2 Å². The Morgan fingerprint density at radius 1 is 1.06 bits per heavy atom. The Labute approximate surface area is 106 Å². The van der Waals surface area contributed by atoms with Crippen LogP contribution in [0.2, 0.25) is 0 Å². The predicted octanol–water partition coefficient (Wildman–Crippen LogP) is 2.20. The largest absolute Gasteiger partial charge is 0.326 e. The van der Waals surface area contributed by atoms with E-state index in [-0.39, 0.29) is 10.8 Å². The third-order valence-electron chi connectivity index (χ3n) is 2.59. The first-order valence-corrected chi connectivity index (χ1v) is 7.28. The summed E-state index contributed by atoms with van der Waals surface area (Å²) in [7, 11) is -3.29. The molecular formula is C13H13NO3S. The van der Waals surface area contributed by atoms with Crippen molar-refractivity contribution in [3.63, 3.8) is 0 Å². The molecule has 0 unspecified atom stereocenters. The highest BCUT2D eigenvalue weighted by molar-refractivity contribution is 7.91. The first-order valence-electron chi connectivity index (χ1n) is 5.39. The number of fused-ring (bicyclic) bond motifs is 1. The average molecular weight is 263 g/mol. The number of benzene rings is 2. The van der Waals surface area contributed by atoms with Gasteiger partial charge in [0.25, 0.3) is 0 Å². The van der Waals surface area contributed by atoms with Crippen LogP contribution >= 0.6 is 0 Å².